The molecule has 0 aliphatic carbocycles. The summed E-state index contributed by atoms with van der Waals surface area (Å²) in [5.74, 6) is -0.269. The summed E-state index contributed by atoms with van der Waals surface area (Å²) in [5, 5.41) is 0. The summed E-state index contributed by atoms with van der Waals surface area (Å²) in [6, 6.07) is 14.9. The summed E-state index contributed by atoms with van der Waals surface area (Å²) in [7, 11) is 0. The minimum absolute atomic E-state index is 0.107. The molecule has 23 heavy (non-hydrogen) atoms. The molecule has 1 fully saturated rings. The predicted molar refractivity (Wildman–Crippen MR) is 88.3 cm³/mol. The summed E-state index contributed by atoms with van der Waals surface area (Å²) in [5.41, 5.74) is 3.35. The van der Waals surface area contributed by atoms with Crippen LogP contribution in [0.15, 0.2) is 48.5 Å². The molecule has 118 valence electrons. The van der Waals surface area contributed by atoms with Crippen molar-refractivity contribution >= 4 is 17.6 Å². The summed E-state index contributed by atoms with van der Waals surface area (Å²) in [4.78, 5) is 25.7. The van der Waals surface area contributed by atoms with E-state index in [-0.39, 0.29) is 18.5 Å². The van der Waals surface area contributed by atoms with Crippen LogP contribution in [0.3, 0.4) is 0 Å². The number of rotatable bonds is 4. The molecule has 3 rings (SSSR count). The minimum Gasteiger partial charge on any atom is -0.457 e. The van der Waals surface area contributed by atoms with E-state index in [2.05, 4.69) is 0 Å². The van der Waals surface area contributed by atoms with Crippen LogP contribution in [0.25, 0.3) is 0 Å². The number of anilines is 1. The Kier molecular flexibility index (Phi) is 4.42. The standard InChI is InChI=1S/C19H19NO3/c1-14-7-9-15(10-8-14)13-23-19(22)16-4-2-5-17(12-16)20-11-3-6-18(20)21/h2,4-5,7-10,12H,3,6,11,13H2,1H3. The third kappa shape index (κ3) is 3.59. The molecule has 0 radical (unpaired) electrons. The van der Waals surface area contributed by atoms with Gasteiger partial charge in [0, 0.05) is 18.7 Å². The van der Waals surface area contributed by atoms with Crippen molar-refractivity contribution < 1.29 is 14.3 Å². The second-order valence-corrected chi connectivity index (χ2v) is 5.76. The molecule has 1 aliphatic heterocycles. The van der Waals surface area contributed by atoms with Crippen LogP contribution in [0.5, 0.6) is 0 Å². The van der Waals surface area contributed by atoms with E-state index < -0.39 is 0 Å². The van der Waals surface area contributed by atoms with E-state index >= 15 is 0 Å². The molecule has 0 atom stereocenters. The van der Waals surface area contributed by atoms with Crippen molar-refractivity contribution in [3.05, 3.63) is 65.2 Å². The molecule has 4 nitrogen and oxygen atoms in total. The SMILES string of the molecule is Cc1ccc(COC(=O)c2cccc(N3CCCC3=O)c2)cc1. The quantitative estimate of drug-likeness (QED) is 0.812. The molecule has 0 spiro atoms. The van der Waals surface area contributed by atoms with Gasteiger partial charge < -0.3 is 9.64 Å². The summed E-state index contributed by atoms with van der Waals surface area (Å²) >= 11 is 0. The first kappa shape index (κ1) is 15.3. The molecule has 0 bridgehead atoms. The number of aryl methyl sites for hydroxylation is 1. The van der Waals surface area contributed by atoms with Crippen molar-refractivity contribution in [2.24, 2.45) is 0 Å². The van der Waals surface area contributed by atoms with Crippen molar-refractivity contribution in [1.29, 1.82) is 0 Å². The van der Waals surface area contributed by atoms with Crippen molar-refractivity contribution in [3.8, 4) is 0 Å². The Morgan fingerprint density at radius 3 is 2.65 bits per heavy atom. The highest BCUT2D eigenvalue weighted by Crippen LogP contribution is 2.22. The van der Waals surface area contributed by atoms with Crippen molar-refractivity contribution in [1.82, 2.24) is 0 Å². The molecule has 4 heteroatoms. The van der Waals surface area contributed by atoms with Gasteiger partial charge in [0.25, 0.3) is 0 Å². The fourth-order valence-corrected chi connectivity index (χ4v) is 2.64. The number of amides is 1. The van der Waals surface area contributed by atoms with Crippen LogP contribution in [-0.4, -0.2) is 18.4 Å². The Bertz CT molecular complexity index is 722. The number of nitrogens with zero attached hydrogens (tertiary/aromatic N) is 1. The van der Waals surface area contributed by atoms with Crippen LogP contribution in [0.2, 0.25) is 0 Å². The van der Waals surface area contributed by atoms with Crippen LogP contribution in [0.1, 0.15) is 34.3 Å². The second-order valence-electron chi connectivity index (χ2n) is 5.76. The van der Waals surface area contributed by atoms with Crippen LogP contribution >= 0.6 is 0 Å². The topological polar surface area (TPSA) is 46.6 Å². The maximum Gasteiger partial charge on any atom is 0.338 e. The second kappa shape index (κ2) is 6.65. The smallest absolute Gasteiger partial charge is 0.338 e. The molecular weight excluding hydrogens is 290 g/mol. The molecular formula is C19H19NO3. The van der Waals surface area contributed by atoms with Gasteiger partial charge >= 0.3 is 5.97 Å². The molecule has 1 aliphatic rings. The Labute approximate surface area is 135 Å². The van der Waals surface area contributed by atoms with E-state index in [1.165, 1.54) is 5.56 Å². The van der Waals surface area contributed by atoms with Gasteiger partial charge in [-0.25, -0.2) is 4.79 Å². The summed E-state index contributed by atoms with van der Waals surface area (Å²) < 4.78 is 5.36. The highest BCUT2D eigenvalue weighted by atomic mass is 16.5. The highest BCUT2D eigenvalue weighted by molar-refractivity contribution is 5.97. The van der Waals surface area contributed by atoms with E-state index in [0.29, 0.717) is 18.5 Å². The molecule has 1 saturated heterocycles. The number of hydrogen-bond donors (Lipinski definition) is 0. The van der Waals surface area contributed by atoms with E-state index in [1.54, 1.807) is 23.1 Å². The number of benzene rings is 2. The number of esters is 1. The maximum absolute atomic E-state index is 12.2. The third-order valence-corrected chi connectivity index (χ3v) is 3.96. The molecule has 1 heterocycles. The lowest BCUT2D eigenvalue weighted by Gasteiger charge is -2.16. The van der Waals surface area contributed by atoms with Gasteiger partial charge in [-0.05, 0) is 37.1 Å². The van der Waals surface area contributed by atoms with E-state index in [0.717, 1.165) is 17.7 Å². The van der Waals surface area contributed by atoms with Crippen molar-refractivity contribution in [2.75, 3.05) is 11.4 Å². The van der Waals surface area contributed by atoms with Crippen LogP contribution < -0.4 is 4.90 Å². The number of hydrogen-bond acceptors (Lipinski definition) is 3. The fraction of sp³-hybridized carbons (Fsp3) is 0.263. The summed E-state index contributed by atoms with van der Waals surface area (Å²) in [6.45, 7) is 2.97. The first-order chi connectivity index (χ1) is 11.1. The molecule has 2 aromatic rings. The first-order valence-corrected chi connectivity index (χ1v) is 7.76. The van der Waals surface area contributed by atoms with E-state index in [4.69, 9.17) is 4.74 Å². The fourth-order valence-electron chi connectivity index (χ4n) is 2.64. The zero-order valence-corrected chi connectivity index (χ0v) is 13.1. The minimum atomic E-state index is -0.376. The molecule has 1 amide bonds. The number of ether oxygens (including phenoxy) is 1. The molecule has 2 aromatic carbocycles. The monoisotopic (exact) mass is 309 g/mol. The van der Waals surface area contributed by atoms with Gasteiger partial charge in [0.2, 0.25) is 5.91 Å². The van der Waals surface area contributed by atoms with Crippen molar-refractivity contribution in [2.45, 2.75) is 26.4 Å². The van der Waals surface area contributed by atoms with Gasteiger partial charge in [0.05, 0.1) is 5.56 Å². The molecule has 0 unspecified atom stereocenters. The predicted octanol–water partition coefficient (Wildman–Crippen LogP) is 3.48. The molecule has 0 N–H and O–H groups in total. The van der Waals surface area contributed by atoms with Crippen molar-refractivity contribution in [3.63, 3.8) is 0 Å². The summed E-state index contributed by atoms with van der Waals surface area (Å²) in [6.07, 6.45) is 1.43. The van der Waals surface area contributed by atoms with Gasteiger partial charge in [0.1, 0.15) is 6.61 Å². The largest absolute Gasteiger partial charge is 0.457 e. The van der Waals surface area contributed by atoms with Gasteiger partial charge in [-0.1, -0.05) is 35.9 Å². The normalized spacial score (nSPS) is 14.1. The van der Waals surface area contributed by atoms with Gasteiger partial charge in [0.15, 0.2) is 0 Å². The highest BCUT2D eigenvalue weighted by Gasteiger charge is 2.22. The van der Waals surface area contributed by atoms with Crippen LogP contribution in [0, 0.1) is 6.92 Å². The number of carbonyl (C=O) groups excluding carboxylic acids is 2. The Morgan fingerprint density at radius 1 is 1.17 bits per heavy atom. The average molecular weight is 309 g/mol. The lowest BCUT2D eigenvalue weighted by Crippen LogP contribution is -2.23. The molecule has 0 saturated carbocycles. The maximum atomic E-state index is 12.2. The van der Waals surface area contributed by atoms with E-state index in [9.17, 15) is 9.59 Å². The molecule has 0 aromatic heterocycles. The zero-order valence-electron chi connectivity index (χ0n) is 13.1. The average Bonchev–Trinajstić information content (AvgIpc) is 3.00. The zero-order chi connectivity index (χ0) is 16.2. The van der Waals surface area contributed by atoms with Gasteiger partial charge in [-0.3, -0.25) is 4.79 Å². The van der Waals surface area contributed by atoms with E-state index in [1.807, 2.05) is 37.3 Å². The van der Waals surface area contributed by atoms with Gasteiger partial charge in [-0.15, -0.1) is 0 Å². The Hall–Kier alpha value is -2.62. The third-order valence-electron chi connectivity index (χ3n) is 3.96. The lowest BCUT2D eigenvalue weighted by atomic mass is 10.1. The number of carbonyl (C=O) groups is 2. The Balaban J connectivity index is 1.67. The van der Waals surface area contributed by atoms with Gasteiger partial charge in [-0.2, -0.15) is 0 Å². The van der Waals surface area contributed by atoms with Crippen LogP contribution in [-0.2, 0) is 16.1 Å². The first-order valence-electron chi connectivity index (χ1n) is 7.76. The van der Waals surface area contributed by atoms with Crippen LogP contribution in [0.4, 0.5) is 5.69 Å². The Morgan fingerprint density at radius 2 is 1.96 bits per heavy atom. The lowest BCUT2D eigenvalue weighted by molar-refractivity contribution is -0.117.